The minimum absolute atomic E-state index is 0.0203. The van der Waals surface area contributed by atoms with Crippen LogP contribution in [-0.4, -0.2) is 59.8 Å². The summed E-state index contributed by atoms with van der Waals surface area (Å²) in [6.07, 6.45) is 3.21. The van der Waals surface area contributed by atoms with Crippen molar-refractivity contribution < 1.29 is 14.6 Å². The fraction of sp³-hybridized carbons (Fsp3) is 0.500. The number of halogens is 1. The van der Waals surface area contributed by atoms with Crippen molar-refractivity contribution in [2.45, 2.75) is 25.4 Å². The lowest BCUT2D eigenvalue weighted by Crippen LogP contribution is -2.28. The monoisotopic (exact) mass is 430 g/mol. The maximum absolute atomic E-state index is 12.5. The van der Waals surface area contributed by atoms with Gasteiger partial charge in [-0.15, -0.1) is 0 Å². The summed E-state index contributed by atoms with van der Waals surface area (Å²) in [5.41, 5.74) is 2.10. The van der Waals surface area contributed by atoms with Crippen LogP contribution in [0.15, 0.2) is 30.5 Å². The minimum atomic E-state index is -0.635. The van der Waals surface area contributed by atoms with Gasteiger partial charge in [0.2, 0.25) is 0 Å². The van der Waals surface area contributed by atoms with E-state index in [4.69, 9.17) is 21.3 Å². The van der Waals surface area contributed by atoms with Crippen LogP contribution >= 0.6 is 11.6 Å². The molecule has 7 nitrogen and oxygen atoms in total. The summed E-state index contributed by atoms with van der Waals surface area (Å²) in [5.74, 6) is 0.978. The van der Waals surface area contributed by atoms with Gasteiger partial charge in [-0.05, 0) is 37.0 Å². The second kappa shape index (κ2) is 9.83. The molecule has 4 rings (SSSR count). The first-order chi connectivity index (χ1) is 14.6. The summed E-state index contributed by atoms with van der Waals surface area (Å²) in [7, 11) is 0. The van der Waals surface area contributed by atoms with Crippen molar-refractivity contribution in [1.82, 2.24) is 15.3 Å². The van der Waals surface area contributed by atoms with E-state index < -0.39 is 6.10 Å². The molecule has 4 heterocycles. The fourth-order valence-electron chi connectivity index (χ4n) is 3.96. The smallest absolute Gasteiger partial charge is 0.145 e. The van der Waals surface area contributed by atoms with Crippen LogP contribution in [0.5, 0.6) is 0 Å². The molecule has 2 aromatic heterocycles. The van der Waals surface area contributed by atoms with Gasteiger partial charge in [0.1, 0.15) is 11.6 Å². The number of ether oxygens (including phenoxy) is 1. The standard InChI is InChI=1S/C22H27ClN4O3/c23-18-12-25-15(9-20(28)17-11-24-13-21(17)29)8-16(18)19-2-1-3-22(27-19)26-10-14-4-6-30-7-5-14/h1-3,8,12,14,17,21,24,29H,4-7,9-11,13H2,(H,26,27)/t17-,21-/m1/s1. The van der Waals surface area contributed by atoms with E-state index in [0.29, 0.717) is 29.7 Å². The summed E-state index contributed by atoms with van der Waals surface area (Å²) in [5, 5.41) is 16.9. The number of carbonyl (C=O) groups is 1. The van der Waals surface area contributed by atoms with Gasteiger partial charge < -0.3 is 20.5 Å². The number of aliphatic hydroxyl groups excluding tert-OH is 1. The third-order valence-electron chi connectivity index (χ3n) is 5.80. The number of hydrogen-bond donors (Lipinski definition) is 3. The van der Waals surface area contributed by atoms with Crippen LogP contribution in [0, 0.1) is 11.8 Å². The summed E-state index contributed by atoms with van der Waals surface area (Å²) in [4.78, 5) is 21.6. The quantitative estimate of drug-likeness (QED) is 0.620. The van der Waals surface area contributed by atoms with E-state index in [9.17, 15) is 9.90 Å². The van der Waals surface area contributed by atoms with Crippen molar-refractivity contribution in [1.29, 1.82) is 0 Å². The highest BCUT2D eigenvalue weighted by atomic mass is 35.5. The molecule has 0 bridgehead atoms. The molecule has 2 aliphatic heterocycles. The zero-order valence-corrected chi connectivity index (χ0v) is 17.6. The highest BCUT2D eigenvalue weighted by molar-refractivity contribution is 6.33. The Morgan fingerprint density at radius 1 is 1.30 bits per heavy atom. The SMILES string of the molecule is O=C(Cc1cc(-c2cccc(NCC3CCOCC3)n2)c(Cl)cn1)[C@H]1CNC[C@H]1O. The molecule has 0 spiro atoms. The Kier molecular flexibility index (Phi) is 6.94. The highest BCUT2D eigenvalue weighted by Crippen LogP contribution is 2.28. The molecule has 0 unspecified atom stereocenters. The fourth-order valence-corrected chi connectivity index (χ4v) is 4.16. The van der Waals surface area contributed by atoms with E-state index in [2.05, 4.69) is 15.6 Å². The van der Waals surface area contributed by atoms with Crippen molar-refractivity contribution in [2.75, 3.05) is 38.2 Å². The van der Waals surface area contributed by atoms with Crippen LogP contribution in [0.3, 0.4) is 0 Å². The summed E-state index contributed by atoms with van der Waals surface area (Å²) < 4.78 is 5.41. The second-order valence-electron chi connectivity index (χ2n) is 7.98. The Balaban J connectivity index is 1.46. The molecule has 0 aromatic carbocycles. The molecule has 3 N–H and O–H groups in total. The Labute approximate surface area is 181 Å². The van der Waals surface area contributed by atoms with E-state index in [1.165, 1.54) is 0 Å². The Morgan fingerprint density at radius 3 is 2.90 bits per heavy atom. The van der Waals surface area contributed by atoms with Crippen molar-refractivity contribution >= 4 is 23.2 Å². The highest BCUT2D eigenvalue weighted by Gasteiger charge is 2.31. The molecule has 0 amide bonds. The first-order valence-corrected chi connectivity index (χ1v) is 10.8. The molecule has 0 aliphatic carbocycles. The van der Waals surface area contributed by atoms with Gasteiger partial charge in [-0.25, -0.2) is 4.98 Å². The number of pyridine rings is 2. The lowest BCUT2D eigenvalue weighted by molar-refractivity contribution is -0.124. The van der Waals surface area contributed by atoms with Crippen LogP contribution in [-0.2, 0) is 16.0 Å². The number of Topliss-reactive ketones (excluding diaryl/α,β-unsaturated/α-hetero) is 1. The lowest BCUT2D eigenvalue weighted by Gasteiger charge is -2.22. The lowest BCUT2D eigenvalue weighted by atomic mass is 9.96. The van der Waals surface area contributed by atoms with Gasteiger partial charge in [0.05, 0.1) is 22.7 Å². The normalized spacial score (nSPS) is 22.2. The summed E-state index contributed by atoms with van der Waals surface area (Å²) in [6.45, 7) is 3.46. The van der Waals surface area contributed by atoms with E-state index in [1.807, 2.05) is 24.3 Å². The molecule has 2 aliphatic rings. The Hall–Kier alpha value is -2.06. The number of aliphatic hydroxyl groups is 1. The maximum atomic E-state index is 12.5. The predicted molar refractivity (Wildman–Crippen MR) is 116 cm³/mol. The molecular weight excluding hydrogens is 404 g/mol. The number of hydrogen-bond acceptors (Lipinski definition) is 7. The molecule has 0 saturated carbocycles. The van der Waals surface area contributed by atoms with Crippen LogP contribution in [0.4, 0.5) is 5.82 Å². The average Bonchev–Trinajstić information content (AvgIpc) is 3.20. The first-order valence-electron chi connectivity index (χ1n) is 10.4. The molecule has 30 heavy (non-hydrogen) atoms. The average molecular weight is 431 g/mol. The van der Waals surface area contributed by atoms with E-state index in [0.717, 1.165) is 49.7 Å². The maximum Gasteiger partial charge on any atom is 0.145 e. The Bertz CT molecular complexity index is 888. The number of nitrogens with one attached hydrogen (secondary N) is 2. The third-order valence-corrected chi connectivity index (χ3v) is 6.10. The van der Waals surface area contributed by atoms with E-state index >= 15 is 0 Å². The zero-order chi connectivity index (χ0) is 20.9. The van der Waals surface area contributed by atoms with E-state index in [-0.39, 0.29) is 18.1 Å². The number of aromatic nitrogens is 2. The third kappa shape index (κ3) is 5.16. The molecule has 2 saturated heterocycles. The van der Waals surface area contributed by atoms with Gasteiger partial charge in [-0.2, -0.15) is 0 Å². The van der Waals surface area contributed by atoms with Crippen LogP contribution in [0.1, 0.15) is 18.5 Å². The Morgan fingerprint density at radius 2 is 2.13 bits per heavy atom. The largest absolute Gasteiger partial charge is 0.391 e. The van der Waals surface area contributed by atoms with Crippen LogP contribution in [0.25, 0.3) is 11.3 Å². The zero-order valence-electron chi connectivity index (χ0n) is 16.8. The van der Waals surface area contributed by atoms with Crippen molar-refractivity contribution in [2.24, 2.45) is 11.8 Å². The number of carbonyl (C=O) groups excluding carboxylic acids is 1. The molecule has 0 radical (unpaired) electrons. The number of rotatable bonds is 7. The van der Waals surface area contributed by atoms with Gasteiger partial charge in [-0.3, -0.25) is 9.78 Å². The molecule has 2 aromatic rings. The second-order valence-corrected chi connectivity index (χ2v) is 8.38. The van der Waals surface area contributed by atoms with Gasteiger partial charge in [0.25, 0.3) is 0 Å². The van der Waals surface area contributed by atoms with Crippen LogP contribution < -0.4 is 10.6 Å². The van der Waals surface area contributed by atoms with Crippen LogP contribution in [0.2, 0.25) is 5.02 Å². The van der Waals surface area contributed by atoms with Crippen molar-refractivity contribution in [3.63, 3.8) is 0 Å². The number of β-amino-alcohol motifs (C(OH)–C–C–N with tert-alkyl or cyclic N) is 1. The first kappa shape index (κ1) is 21.2. The van der Waals surface area contributed by atoms with Gasteiger partial charge in [-0.1, -0.05) is 17.7 Å². The summed E-state index contributed by atoms with van der Waals surface area (Å²) in [6, 6.07) is 7.60. The van der Waals surface area contributed by atoms with E-state index in [1.54, 1.807) is 6.20 Å². The van der Waals surface area contributed by atoms with Gasteiger partial charge >= 0.3 is 0 Å². The molecule has 2 atom stereocenters. The van der Waals surface area contributed by atoms with Gasteiger partial charge in [0, 0.05) is 56.7 Å². The number of anilines is 1. The summed E-state index contributed by atoms with van der Waals surface area (Å²) >= 11 is 6.40. The van der Waals surface area contributed by atoms with Crippen molar-refractivity contribution in [3.8, 4) is 11.3 Å². The molecule has 160 valence electrons. The molecular formula is C22H27ClN4O3. The minimum Gasteiger partial charge on any atom is -0.391 e. The van der Waals surface area contributed by atoms with Gasteiger partial charge in [0.15, 0.2) is 0 Å². The number of ketones is 1. The molecule has 2 fully saturated rings. The number of nitrogens with zero attached hydrogens (tertiary/aromatic N) is 2. The van der Waals surface area contributed by atoms with Crippen molar-refractivity contribution in [3.05, 3.63) is 41.2 Å². The molecule has 8 heteroatoms. The topological polar surface area (TPSA) is 96.4 Å². The predicted octanol–water partition coefficient (Wildman–Crippen LogP) is 2.33.